The number of likely N-dealkylation sites (N-methyl/N-ethyl adjacent to an activating group) is 1. The maximum absolute atomic E-state index is 4.94. The van der Waals surface area contributed by atoms with Crippen LogP contribution in [0.15, 0.2) is 0 Å². The predicted molar refractivity (Wildman–Crippen MR) is 47.8 cm³/mol. The summed E-state index contributed by atoms with van der Waals surface area (Å²) < 4.78 is 0. The molecule has 0 aromatic heterocycles. The first-order valence-electron chi connectivity index (χ1n) is 4.33. The molecule has 80 valence electrons. The third-order valence-corrected chi connectivity index (χ3v) is 1.18. The van der Waals surface area contributed by atoms with Gasteiger partial charge in [-0.25, -0.2) is 14.7 Å². The lowest BCUT2D eigenvalue weighted by Gasteiger charge is -2.18. The molecule has 0 radical (unpaired) electrons. The molecule has 0 rings (SSSR count). The van der Waals surface area contributed by atoms with Crippen LogP contribution >= 0.6 is 0 Å². The van der Waals surface area contributed by atoms with Crippen molar-refractivity contribution in [2.24, 2.45) is 0 Å². The van der Waals surface area contributed by atoms with E-state index < -0.39 is 6.29 Å². The van der Waals surface area contributed by atoms with Gasteiger partial charge in [-0.2, -0.15) is 4.89 Å². The van der Waals surface area contributed by atoms with Crippen molar-refractivity contribution in [1.29, 1.82) is 0 Å². The number of rotatable bonds is 8. The normalized spacial score (nSPS) is 13.6. The first-order valence-corrected chi connectivity index (χ1v) is 4.33. The molecule has 0 spiro atoms. The highest BCUT2D eigenvalue weighted by Crippen LogP contribution is 1.98. The van der Waals surface area contributed by atoms with Gasteiger partial charge >= 0.3 is 0 Å². The molecule has 0 heterocycles. The number of hydrogen-bond donors (Lipinski definition) is 0. The molecule has 0 saturated heterocycles. The van der Waals surface area contributed by atoms with Gasteiger partial charge < -0.3 is 4.90 Å². The van der Waals surface area contributed by atoms with E-state index in [1.54, 1.807) is 0 Å². The zero-order valence-corrected chi connectivity index (χ0v) is 8.78. The van der Waals surface area contributed by atoms with Crippen molar-refractivity contribution >= 4 is 0 Å². The minimum absolute atomic E-state index is 0.508. The largest absolute Gasteiger partial charge is 0.304 e. The van der Waals surface area contributed by atoms with Gasteiger partial charge in [0.25, 0.3) is 0 Å². The summed E-state index contributed by atoms with van der Waals surface area (Å²) in [6.45, 7) is 3.13. The van der Waals surface area contributed by atoms with Crippen LogP contribution in [-0.4, -0.2) is 45.5 Å². The second-order valence-electron chi connectivity index (χ2n) is 2.87. The van der Waals surface area contributed by atoms with E-state index in [4.69, 9.17) is 14.7 Å². The van der Waals surface area contributed by atoms with Gasteiger partial charge in [0, 0.05) is 0 Å². The minimum Gasteiger partial charge on any atom is -0.304 e. The molecule has 13 heavy (non-hydrogen) atoms. The lowest BCUT2D eigenvalue weighted by Crippen LogP contribution is -2.30. The SMILES string of the molecule is CCCOOC(CN(C)C)OOC. The Hall–Kier alpha value is -0.200. The van der Waals surface area contributed by atoms with Crippen LogP contribution in [-0.2, 0) is 19.6 Å². The summed E-state index contributed by atoms with van der Waals surface area (Å²) in [4.78, 5) is 21.0. The van der Waals surface area contributed by atoms with Gasteiger partial charge in [0.15, 0.2) is 0 Å². The van der Waals surface area contributed by atoms with Crippen molar-refractivity contribution in [2.75, 3.05) is 34.4 Å². The molecule has 1 unspecified atom stereocenters. The molecular weight excluding hydrogens is 174 g/mol. The van der Waals surface area contributed by atoms with Crippen molar-refractivity contribution in [3.8, 4) is 0 Å². The molecular formula is C8H19NO4. The highest BCUT2D eigenvalue weighted by molar-refractivity contribution is 4.44. The quantitative estimate of drug-likeness (QED) is 0.247. The molecule has 0 bridgehead atoms. The van der Waals surface area contributed by atoms with Gasteiger partial charge in [-0.15, -0.1) is 0 Å². The van der Waals surface area contributed by atoms with Crippen LogP contribution in [0.1, 0.15) is 13.3 Å². The van der Waals surface area contributed by atoms with Gasteiger partial charge in [0.05, 0.1) is 20.3 Å². The number of hydrogen-bond acceptors (Lipinski definition) is 5. The summed E-state index contributed by atoms with van der Waals surface area (Å²) in [5, 5.41) is 0. The van der Waals surface area contributed by atoms with Crippen molar-refractivity contribution in [2.45, 2.75) is 19.6 Å². The first kappa shape index (κ1) is 12.8. The zero-order valence-electron chi connectivity index (χ0n) is 8.78. The van der Waals surface area contributed by atoms with E-state index in [9.17, 15) is 0 Å². The lowest BCUT2D eigenvalue weighted by atomic mass is 10.5. The van der Waals surface area contributed by atoms with Crippen LogP contribution in [0.4, 0.5) is 0 Å². The maximum atomic E-state index is 4.94. The van der Waals surface area contributed by atoms with Crippen LogP contribution in [0.3, 0.4) is 0 Å². The Bertz CT molecular complexity index is 110. The molecule has 0 saturated carbocycles. The van der Waals surface area contributed by atoms with E-state index in [1.165, 1.54) is 7.11 Å². The Morgan fingerprint density at radius 1 is 1.23 bits per heavy atom. The van der Waals surface area contributed by atoms with Crippen LogP contribution < -0.4 is 0 Å². The molecule has 5 nitrogen and oxygen atoms in total. The zero-order chi connectivity index (χ0) is 10.1. The maximum Gasteiger partial charge on any atom is 0.236 e. The van der Waals surface area contributed by atoms with Crippen molar-refractivity contribution in [3.05, 3.63) is 0 Å². The van der Waals surface area contributed by atoms with Gasteiger partial charge in [0.2, 0.25) is 6.29 Å². The molecule has 0 amide bonds. The van der Waals surface area contributed by atoms with Crippen molar-refractivity contribution in [3.63, 3.8) is 0 Å². The average Bonchev–Trinajstić information content (AvgIpc) is 2.04. The van der Waals surface area contributed by atoms with E-state index in [1.807, 2.05) is 25.9 Å². The van der Waals surface area contributed by atoms with Crippen molar-refractivity contribution < 1.29 is 19.6 Å². The smallest absolute Gasteiger partial charge is 0.236 e. The van der Waals surface area contributed by atoms with Crippen LogP contribution in [0.5, 0.6) is 0 Å². The monoisotopic (exact) mass is 193 g/mol. The fourth-order valence-electron chi connectivity index (χ4n) is 0.690. The summed E-state index contributed by atoms with van der Waals surface area (Å²) in [7, 11) is 5.26. The van der Waals surface area contributed by atoms with E-state index in [0.717, 1.165) is 6.42 Å². The fourth-order valence-corrected chi connectivity index (χ4v) is 0.690. The topological polar surface area (TPSA) is 40.2 Å². The van der Waals surface area contributed by atoms with Gasteiger partial charge in [0.1, 0.15) is 0 Å². The molecule has 1 atom stereocenters. The van der Waals surface area contributed by atoms with Gasteiger partial charge in [-0.3, -0.25) is 0 Å². The van der Waals surface area contributed by atoms with Gasteiger partial charge in [-0.1, -0.05) is 6.92 Å². The average molecular weight is 193 g/mol. The Labute approximate surface area is 79.4 Å². The molecule has 5 heteroatoms. The number of nitrogens with zero attached hydrogens (tertiary/aromatic N) is 1. The van der Waals surface area contributed by atoms with E-state index in [-0.39, 0.29) is 0 Å². The molecule has 0 fully saturated rings. The molecule has 0 aromatic carbocycles. The van der Waals surface area contributed by atoms with Crippen LogP contribution in [0.2, 0.25) is 0 Å². The van der Waals surface area contributed by atoms with Crippen molar-refractivity contribution in [1.82, 2.24) is 4.90 Å². The molecule has 0 N–H and O–H groups in total. The van der Waals surface area contributed by atoms with E-state index in [2.05, 4.69) is 4.89 Å². The lowest BCUT2D eigenvalue weighted by molar-refractivity contribution is -0.455. The third kappa shape index (κ3) is 8.14. The molecule has 0 aromatic rings. The van der Waals surface area contributed by atoms with Gasteiger partial charge in [-0.05, 0) is 20.5 Å². The third-order valence-electron chi connectivity index (χ3n) is 1.18. The van der Waals surface area contributed by atoms with E-state index >= 15 is 0 Å². The summed E-state index contributed by atoms with van der Waals surface area (Å²) in [6.07, 6.45) is 0.397. The Balaban J connectivity index is 3.53. The second-order valence-corrected chi connectivity index (χ2v) is 2.87. The highest BCUT2D eigenvalue weighted by atomic mass is 17.3. The predicted octanol–water partition coefficient (Wildman–Crippen LogP) is 0.810. The van der Waals surface area contributed by atoms with E-state index in [0.29, 0.717) is 13.2 Å². The molecule has 0 aliphatic rings. The molecule has 0 aliphatic carbocycles. The Morgan fingerprint density at radius 3 is 2.38 bits per heavy atom. The van der Waals surface area contributed by atoms with Crippen LogP contribution in [0.25, 0.3) is 0 Å². The fraction of sp³-hybridized carbons (Fsp3) is 1.00. The second kappa shape index (κ2) is 8.40. The molecule has 0 aliphatic heterocycles. The van der Waals surface area contributed by atoms with Crippen LogP contribution in [0, 0.1) is 0 Å². The Kier molecular flexibility index (Phi) is 8.27. The summed E-state index contributed by atoms with van der Waals surface area (Å²) >= 11 is 0. The standard InChI is InChI=1S/C8H19NO4/c1-5-6-11-13-8(12-10-4)7-9(2)3/h8H,5-7H2,1-4H3. The summed E-state index contributed by atoms with van der Waals surface area (Å²) in [5.41, 5.74) is 0. The summed E-state index contributed by atoms with van der Waals surface area (Å²) in [6, 6.07) is 0. The first-order chi connectivity index (χ1) is 6.20. The summed E-state index contributed by atoms with van der Waals surface area (Å²) in [5.74, 6) is 0. The highest BCUT2D eigenvalue weighted by Gasteiger charge is 2.12. The Morgan fingerprint density at radius 2 is 1.92 bits per heavy atom. The minimum atomic E-state index is -0.508.